The summed E-state index contributed by atoms with van der Waals surface area (Å²) in [5.41, 5.74) is 0.401. The number of nitrogens with zero attached hydrogens (tertiary/aromatic N) is 2. The van der Waals surface area contributed by atoms with Crippen molar-refractivity contribution in [3.05, 3.63) is 77.5 Å². The van der Waals surface area contributed by atoms with E-state index in [9.17, 15) is 9.59 Å². The van der Waals surface area contributed by atoms with E-state index in [1.165, 1.54) is 4.90 Å². The van der Waals surface area contributed by atoms with Gasteiger partial charge >= 0.3 is 0 Å². The zero-order valence-corrected chi connectivity index (χ0v) is 18.9. The Kier molecular flexibility index (Phi) is 5.91. The van der Waals surface area contributed by atoms with E-state index in [1.54, 1.807) is 76.1 Å². The van der Waals surface area contributed by atoms with Gasteiger partial charge in [0, 0.05) is 23.7 Å². The number of carbonyl (C=O) groups is 2. The smallest absolute Gasteiger partial charge is 0.281 e. The zero-order chi connectivity index (χ0) is 23.6. The molecule has 0 aliphatic carbocycles. The molecule has 0 aromatic heterocycles. The molecule has 0 unspecified atom stereocenters. The Morgan fingerprint density at radius 3 is 2.36 bits per heavy atom. The molecule has 0 bridgehead atoms. The normalized spacial score (nSPS) is 18.9. The molecule has 2 amide bonds. The average Bonchev–Trinajstić information content (AvgIpc) is 3.09. The molecule has 2 aromatic rings. The Hall–Kier alpha value is -4.07. The van der Waals surface area contributed by atoms with Crippen molar-refractivity contribution in [1.29, 1.82) is 0 Å². The van der Waals surface area contributed by atoms with Crippen LogP contribution in [0.3, 0.4) is 0 Å². The van der Waals surface area contributed by atoms with Gasteiger partial charge in [-0.1, -0.05) is 6.08 Å². The fourth-order valence-electron chi connectivity index (χ4n) is 3.83. The molecule has 2 aliphatic rings. The number of ether oxygens (including phenoxy) is 3. The summed E-state index contributed by atoms with van der Waals surface area (Å²) in [5, 5.41) is 2.89. The monoisotopic (exact) mass is 447 g/mol. The lowest BCUT2D eigenvalue weighted by Crippen LogP contribution is -2.55. The van der Waals surface area contributed by atoms with E-state index in [4.69, 9.17) is 19.2 Å². The first kappa shape index (κ1) is 22.1. The molecule has 0 spiro atoms. The number of hydrogen-bond acceptors (Lipinski definition) is 6. The van der Waals surface area contributed by atoms with Crippen LogP contribution < -0.4 is 19.5 Å². The van der Waals surface area contributed by atoms with Crippen LogP contribution in [0, 0.1) is 0 Å². The average molecular weight is 447 g/mol. The van der Waals surface area contributed by atoms with Crippen LogP contribution in [-0.2, 0) is 11.2 Å². The fourth-order valence-corrected chi connectivity index (χ4v) is 3.83. The Morgan fingerprint density at radius 1 is 1.00 bits per heavy atom. The number of benzene rings is 2. The van der Waals surface area contributed by atoms with Crippen LogP contribution in [0.2, 0.25) is 0 Å². The molecule has 2 aromatic carbocycles. The number of hydrogen-bond donors (Lipinski definition) is 1. The molecule has 33 heavy (non-hydrogen) atoms. The van der Waals surface area contributed by atoms with Gasteiger partial charge in [0.05, 0.1) is 21.3 Å². The molecule has 4 rings (SSSR count). The van der Waals surface area contributed by atoms with Crippen LogP contribution in [0.4, 0.5) is 0 Å². The first-order valence-electron chi connectivity index (χ1n) is 10.4. The molecular formula is C25H25N3O5. The first-order chi connectivity index (χ1) is 15.9. The van der Waals surface area contributed by atoms with Crippen molar-refractivity contribution < 1.29 is 23.8 Å². The summed E-state index contributed by atoms with van der Waals surface area (Å²) in [6.07, 6.45) is 5.42. The molecule has 0 fully saturated rings. The highest BCUT2D eigenvalue weighted by Gasteiger charge is 2.49. The van der Waals surface area contributed by atoms with E-state index < -0.39 is 11.6 Å². The van der Waals surface area contributed by atoms with E-state index in [-0.39, 0.29) is 12.3 Å². The minimum atomic E-state index is -1.56. The molecule has 8 nitrogen and oxygen atoms in total. The van der Waals surface area contributed by atoms with Gasteiger partial charge in [-0.05, 0) is 61.0 Å². The number of amides is 2. The number of fused-ring (bicyclic) bond motifs is 1. The number of nitrogens with one attached hydrogen (secondary N) is 1. The lowest BCUT2D eigenvalue weighted by atomic mass is 9.97. The van der Waals surface area contributed by atoms with E-state index >= 15 is 0 Å². The van der Waals surface area contributed by atoms with Crippen molar-refractivity contribution in [1.82, 2.24) is 10.2 Å². The largest absolute Gasteiger partial charge is 0.497 e. The number of methoxy groups -OCH3 is 3. The Bertz CT molecular complexity index is 1180. The predicted molar refractivity (Wildman–Crippen MR) is 124 cm³/mol. The van der Waals surface area contributed by atoms with Crippen molar-refractivity contribution in [3.8, 4) is 17.2 Å². The lowest BCUT2D eigenvalue weighted by molar-refractivity contribution is -0.130. The molecular weight excluding hydrogens is 422 g/mol. The molecule has 170 valence electrons. The lowest BCUT2D eigenvalue weighted by Gasteiger charge is -2.27. The standard InChI is InChI=1S/C25H25N3O5/c1-16-5-12-22-26-25(24(30)28(22)15-16,14-18-13-20(32-3)10-11-21(18)33-4)27-23(29)17-6-8-19(31-2)9-7-17/h5-13,15H,14H2,1-4H3,(H,27,29)/t25-/m1/s1. The van der Waals surface area contributed by atoms with E-state index in [0.29, 0.717) is 34.2 Å². The minimum Gasteiger partial charge on any atom is -0.497 e. The van der Waals surface area contributed by atoms with E-state index in [1.807, 2.05) is 13.0 Å². The third-order valence-corrected chi connectivity index (χ3v) is 5.56. The third kappa shape index (κ3) is 4.19. The Labute approximate surface area is 192 Å². The Balaban J connectivity index is 1.75. The summed E-state index contributed by atoms with van der Waals surface area (Å²) < 4.78 is 16.0. The number of rotatable bonds is 7. The summed E-state index contributed by atoms with van der Waals surface area (Å²) >= 11 is 0. The van der Waals surface area contributed by atoms with Crippen molar-refractivity contribution in [2.24, 2.45) is 4.99 Å². The summed E-state index contributed by atoms with van der Waals surface area (Å²) in [7, 11) is 4.67. The fraction of sp³-hybridized carbons (Fsp3) is 0.240. The van der Waals surface area contributed by atoms with Gasteiger partial charge < -0.3 is 19.5 Å². The highest BCUT2D eigenvalue weighted by molar-refractivity contribution is 6.15. The van der Waals surface area contributed by atoms with E-state index in [2.05, 4.69) is 5.32 Å². The molecule has 2 aliphatic heterocycles. The summed E-state index contributed by atoms with van der Waals surface area (Å²) in [6, 6.07) is 12.0. The number of amidine groups is 1. The molecule has 0 saturated carbocycles. The molecule has 0 radical (unpaired) electrons. The van der Waals surface area contributed by atoms with Gasteiger partial charge in [0.2, 0.25) is 5.66 Å². The van der Waals surface area contributed by atoms with Gasteiger partial charge in [-0.3, -0.25) is 14.5 Å². The SMILES string of the molecule is COc1ccc(C(=O)N[C@@]2(Cc3cc(OC)ccc3OC)N=C3C=CC(C)=CN3C2=O)cc1. The maximum Gasteiger partial charge on any atom is 0.281 e. The van der Waals surface area contributed by atoms with Crippen LogP contribution in [0.5, 0.6) is 17.2 Å². The second-order valence-electron chi connectivity index (χ2n) is 7.75. The van der Waals surface area contributed by atoms with Crippen LogP contribution in [0.25, 0.3) is 0 Å². The quantitative estimate of drug-likeness (QED) is 0.705. The maximum atomic E-state index is 13.7. The molecule has 1 N–H and O–H groups in total. The molecule has 1 atom stereocenters. The molecule has 8 heteroatoms. The third-order valence-electron chi connectivity index (χ3n) is 5.56. The summed E-state index contributed by atoms with van der Waals surface area (Å²) in [4.78, 5) is 33.0. The van der Waals surface area contributed by atoms with Crippen LogP contribution in [-0.4, -0.2) is 49.5 Å². The van der Waals surface area contributed by atoms with Crippen LogP contribution >= 0.6 is 0 Å². The van der Waals surface area contributed by atoms with Crippen LogP contribution in [0.1, 0.15) is 22.8 Å². The predicted octanol–water partition coefficient (Wildman–Crippen LogP) is 3.10. The molecule has 2 heterocycles. The van der Waals surface area contributed by atoms with Gasteiger partial charge in [0.1, 0.15) is 23.1 Å². The van der Waals surface area contributed by atoms with Crippen LogP contribution in [0.15, 0.2) is 71.4 Å². The van der Waals surface area contributed by atoms with E-state index in [0.717, 1.165) is 5.57 Å². The van der Waals surface area contributed by atoms with Crippen molar-refractivity contribution in [3.63, 3.8) is 0 Å². The number of aliphatic imine (C=N–C) groups is 1. The minimum absolute atomic E-state index is 0.0782. The summed E-state index contributed by atoms with van der Waals surface area (Å²) in [5.74, 6) is 1.47. The Morgan fingerprint density at radius 2 is 1.70 bits per heavy atom. The van der Waals surface area contributed by atoms with Gasteiger partial charge in [0.15, 0.2) is 0 Å². The summed E-state index contributed by atoms with van der Waals surface area (Å²) in [6.45, 7) is 1.89. The zero-order valence-electron chi connectivity index (χ0n) is 18.9. The first-order valence-corrected chi connectivity index (χ1v) is 10.4. The molecule has 0 saturated heterocycles. The highest BCUT2D eigenvalue weighted by atomic mass is 16.5. The van der Waals surface area contributed by atoms with Gasteiger partial charge in [-0.2, -0.15) is 0 Å². The highest BCUT2D eigenvalue weighted by Crippen LogP contribution is 2.33. The maximum absolute atomic E-state index is 13.7. The van der Waals surface area contributed by atoms with Crippen molar-refractivity contribution in [2.75, 3.05) is 21.3 Å². The number of carbonyl (C=O) groups excluding carboxylic acids is 2. The second kappa shape index (κ2) is 8.82. The van der Waals surface area contributed by atoms with Gasteiger partial charge in [-0.25, -0.2) is 4.99 Å². The van der Waals surface area contributed by atoms with Crippen molar-refractivity contribution in [2.45, 2.75) is 19.0 Å². The van der Waals surface area contributed by atoms with Gasteiger partial charge in [-0.15, -0.1) is 0 Å². The second-order valence-corrected chi connectivity index (χ2v) is 7.75. The topological polar surface area (TPSA) is 89.5 Å². The number of allylic oxidation sites excluding steroid dienone is 2. The van der Waals surface area contributed by atoms with Crippen molar-refractivity contribution >= 4 is 17.6 Å². The van der Waals surface area contributed by atoms with Gasteiger partial charge in [0.25, 0.3) is 11.8 Å².